The van der Waals surface area contributed by atoms with Crippen LogP contribution in [-0.4, -0.2) is 18.0 Å². The molecular weight excluding hydrogens is 312 g/mol. The fourth-order valence-electron chi connectivity index (χ4n) is 1.95. The summed E-state index contributed by atoms with van der Waals surface area (Å²) in [6.07, 6.45) is 1.32. The highest BCUT2D eigenvalue weighted by Crippen LogP contribution is 2.26. The first-order valence-electron chi connectivity index (χ1n) is 6.07. The van der Waals surface area contributed by atoms with Gasteiger partial charge in [0.25, 0.3) is 0 Å². The van der Waals surface area contributed by atoms with Crippen LogP contribution in [0.5, 0.6) is 5.75 Å². The molecule has 0 spiro atoms. The summed E-state index contributed by atoms with van der Waals surface area (Å²) < 4.78 is 30.9. The van der Waals surface area contributed by atoms with Crippen molar-refractivity contribution >= 4 is 32.5 Å². The maximum absolute atomic E-state index is 12.2. The lowest BCUT2D eigenvalue weighted by Gasteiger charge is -2.06. The number of hydrogen-bond acceptors (Lipinski definition) is 4. The third-order valence-electron chi connectivity index (χ3n) is 3.00. The van der Waals surface area contributed by atoms with E-state index >= 15 is 0 Å². The van der Waals surface area contributed by atoms with Gasteiger partial charge in [-0.25, -0.2) is 4.98 Å². The Morgan fingerprint density at radius 2 is 1.86 bits per heavy atom. The molecule has 0 atom stereocenters. The Hall–Kier alpha value is -2.05. The summed E-state index contributed by atoms with van der Waals surface area (Å²) in [7, 11) is -2.45. The molecule has 0 N–H and O–H groups in total. The van der Waals surface area contributed by atoms with E-state index in [0.29, 0.717) is 0 Å². The van der Waals surface area contributed by atoms with Crippen molar-refractivity contribution in [3.05, 3.63) is 53.9 Å². The van der Waals surface area contributed by atoms with Crippen LogP contribution < -0.4 is 4.18 Å². The maximum Gasteiger partial charge on any atom is 0.360 e. The van der Waals surface area contributed by atoms with Crippen LogP contribution >= 0.6 is 11.6 Å². The van der Waals surface area contributed by atoms with E-state index in [1.54, 1.807) is 25.2 Å². The van der Waals surface area contributed by atoms with Gasteiger partial charge in [-0.3, -0.25) is 0 Å². The second-order valence-electron chi connectivity index (χ2n) is 4.50. The van der Waals surface area contributed by atoms with E-state index < -0.39 is 10.1 Å². The minimum absolute atomic E-state index is 0.00999. The molecule has 3 rings (SSSR count). The molecule has 0 aliphatic heterocycles. The molecular formula is C14H11ClN2O3S. The van der Waals surface area contributed by atoms with Crippen molar-refractivity contribution in [3.63, 3.8) is 0 Å². The van der Waals surface area contributed by atoms with Crippen LogP contribution in [0, 0.1) is 0 Å². The van der Waals surface area contributed by atoms with Gasteiger partial charge < -0.3 is 8.75 Å². The van der Waals surface area contributed by atoms with Crippen LogP contribution in [0.15, 0.2) is 53.8 Å². The molecule has 108 valence electrons. The normalized spacial score (nSPS) is 11.7. The molecule has 0 bridgehead atoms. The van der Waals surface area contributed by atoms with Crippen LogP contribution in [0.2, 0.25) is 5.15 Å². The first-order chi connectivity index (χ1) is 9.97. The van der Waals surface area contributed by atoms with Crippen molar-refractivity contribution in [1.29, 1.82) is 0 Å². The molecule has 0 saturated carbocycles. The second kappa shape index (κ2) is 5.05. The largest absolute Gasteiger partial charge is 0.378 e. The topological polar surface area (TPSA) is 61.2 Å². The Morgan fingerprint density at radius 3 is 2.52 bits per heavy atom. The SMILES string of the molecule is Cn1cnc(S(=O)(=O)Oc2ccc3ccccc3c2)c1Cl. The van der Waals surface area contributed by atoms with Gasteiger partial charge in [0, 0.05) is 7.05 Å². The van der Waals surface area contributed by atoms with E-state index in [4.69, 9.17) is 15.8 Å². The van der Waals surface area contributed by atoms with Gasteiger partial charge in [0.1, 0.15) is 5.75 Å². The number of fused-ring (bicyclic) bond motifs is 1. The van der Waals surface area contributed by atoms with E-state index in [-0.39, 0.29) is 15.9 Å². The van der Waals surface area contributed by atoms with Gasteiger partial charge in [-0.1, -0.05) is 41.9 Å². The highest BCUT2D eigenvalue weighted by Gasteiger charge is 2.24. The average Bonchev–Trinajstić information content (AvgIpc) is 2.79. The van der Waals surface area contributed by atoms with Crippen molar-refractivity contribution in [1.82, 2.24) is 9.55 Å². The monoisotopic (exact) mass is 322 g/mol. The fraction of sp³-hybridized carbons (Fsp3) is 0.0714. The van der Waals surface area contributed by atoms with E-state index in [1.165, 1.54) is 10.9 Å². The van der Waals surface area contributed by atoms with Crippen LogP contribution in [0.1, 0.15) is 0 Å². The van der Waals surface area contributed by atoms with E-state index in [1.807, 2.05) is 24.3 Å². The number of aryl methyl sites for hydroxylation is 1. The first-order valence-corrected chi connectivity index (χ1v) is 7.86. The zero-order valence-corrected chi connectivity index (χ0v) is 12.6. The van der Waals surface area contributed by atoms with Gasteiger partial charge in [0.15, 0.2) is 5.15 Å². The smallest absolute Gasteiger partial charge is 0.360 e. The predicted molar refractivity (Wildman–Crippen MR) is 80.0 cm³/mol. The molecule has 1 aromatic heterocycles. The van der Waals surface area contributed by atoms with Crippen molar-refractivity contribution in [2.24, 2.45) is 7.05 Å². The molecule has 7 heteroatoms. The summed E-state index contributed by atoms with van der Waals surface area (Å²) in [5, 5.41) is 1.60. The van der Waals surface area contributed by atoms with Gasteiger partial charge in [-0.05, 0) is 22.9 Å². The number of aromatic nitrogens is 2. The molecule has 2 aromatic carbocycles. The van der Waals surface area contributed by atoms with Crippen LogP contribution in [-0.2, 0) is 17.2 Å². The van der Waals surface area contributed by atoms with Crippen molar-refractivity contribution in [2.45, 2.75) is 5.03 Å². The highest BCUT2D eigenvalue weighted by atomic mass is 35.5. The number of rotatable bonds is 3. The zero-order valence-electron chi connectivity index (χ0n) is 11.0. The molecule has 0 aliphatic rings. The van der Waals surface area contributed by atoms with Gasteiger partial charge in [0.05, 0.1) is 6.33 Å². The quantitative estimate of drug-likeness (QED) is 0.695. The molecule has 0 radical (unpaired) electrons. The van der Waals surface area contributed by atoms with Gasteiger partial charge in [-0.15, -0.1) is 0 Å². The Bertz CT molecular complexity index is 919. The standard InChI is InChI=1S/C14H11ClN2O3S/c1-17-9-16-14(13(17)15)21(18,19)20-12-7-6-10-4-2-3-5-11(10)8-12/h2-9H,1H3. The second-order valence-corrected chi connectivity index (χ2v) is 6.32. The van der Waals surface area contributed by atoms with Crippen molar-refractivity contribution in [2.75, 3.05) is 0 Å². The molecule has 1 heterocycles. The fourth-order valence-corrected chi connectivity index (χ4v) is 3.29. The number of hydrogen-bond donors (Lipinski definition) is 0. The first kappa shape index (κ1) is 13.9. The minimum Gasteiger partial charge on any atom is -0.378 e. The van der Waals surface area contributed by atoms with E-state index in [2.05, 4.69) is 4.98 Å². The Balaban J connectivity index is 1.99. The molecule has 21 heavy (non-hydrogen) atoms. The van der Waals surface area contributed by atoms with Gasteiger partial charge in [0.2, 0.25) is 5.03 Å². The summed E-state index contributed by atoms with van der Waals surface area (Å²) in [5.74, 6) is 0.218. The molecule has 0 amide bonds. The summed E-state index contributed by atoms with van der Waals surface area (Å²) in [4.78, 5) is 3.76. The third-order valence-corrected chi connectivity index (χ3v) is 4.74. The lowest BCUT2D eigenvalue weighted by atomic mass is 10.1. The molecule has 3 aromatic rings. The highest BCUT2D eigenvalue weighted by molar-refractivity contribution is 7.87. The van der Waals surface area contributed by atoms with E-state index in [0.717, 1.165) is 10.8 Å². The summed E-state index contributed by atoms with van der Waals surface area (Å²) in [6.45, 7) is 0. The van der Waals surface area contributed by atoms with Crippen LogP contribution in [0.4, 0.5) is 0 Å². The Kier molecular flexibility index (Phi) is 3.35. The number of benzene rings is 2. The summed E-state index contributed by atoms with van der Waals surface area (Å²) in [6, 6.07) is 12.6. The van der Waals surface area contributed by atoms with Crippen molar-refractivity contribution < 1.29 is 12.6 Å². The zero-order chi connectivity index (χ0) is 15.0. The minimum atomic E-state index is -4.06. The summed E-state index contributed by atoms with van der Waals surface area (Å²) >= 11 is 5.90. The molecule has 5 nitrogen and oxygen atoms in total. The lowest BCUT2D eigenvalue weighted by molar-refractivity contribution is 0.483. The number of halogens is 1. The van der Waals surface area contributed by atoms with Crippen molar-refractivity contribution in [3.8, 4) is 5.75 Å². The van der Waals surface area contributed by atoms with Crippen LogP contribution in [0.25, 0.3) is 10.8 Å². The molecule has 0 fully saturated rings. The molecule has 0 saturated heterocycles. The predicted octanol–water partition coefficient (Wildman–Crippen LogP) is 2.99. The average molecular weight is 323 g/mol. The van der Waals surface area contributed by atoms with Gasteiger partial charge >= 0.3 is 10.1 Å². The lowest BCUT2D eigenvalue weighted by Crippen LogP contribution is -2.11. The Morgan fingerprint density at radius 1 is 1.14 bits per heavy atom. The molecule has 0 unspecified atom stereocenters. The number of imidazole rings is 1. The van der Waals surface area contributed by atoms with E-state index in [9.17, 15) is 8.42 Å². The molecule has 0 aliphatic carbocycles. The maximum atomic E-state index is 12.2. The third kappa shape index (κ3) is 2.59. The Labute approximate surface area is 126 Å². The van der Waals surface area contributed by atoms with Crippen LogP contribution in [0.3, 0.4) is 0 Å². The summed E-state index contributed by atoms with van der Waals surface area (Å²) in [5.41, 5.74) is 0. The number of nitrogens with zero attached hydrogens (tertiary/aromatic N) is 2. The van der Waals surface area contributed by atoms with Gasteiger partial charge in [-0.2, -0.15) is 8.42 Å².